The van der Waals surface area contributed by atoms with E-state index in [0.29, 0.717) is 12.2 Å². The van der Waals surface area contributed by atoms with Crippen LogP contribution in [0.3, 0.4) is 0 Å². The van der Waals surface area contributed by atoms with Crippen molar-refractivity contribution in [2.45, 2.75) is 6.92 Å². The second-order valence-corrected chi connectivity index (χ2v) is 3.26. The largest absolute Gasteiger partial charge is 0.494 e. The van der Waals surface area contributed by atoms with Crippen LogP contribution in [0.25, 0.3) is 5.69 Å². The van der Waals surface area contributed by atoms with Crippen molar-refractivity contribution in [3.05, 3.63) is 42.2 Å². The lowest BCUT2D eigenvalue weighted by Crippen LogP contribution is -1.95. The minimum absolute atomic E-state index is 0.564. The van der Waals surface area contributed by atoms with Gasteiger partial charge in [-0.05, 0) is 31.2 Å². The molecular weight excluding hydrogens is 204 g/mol. The van der Waals surface area contributed by atoms with E-state index in [2.05, 4.69) is 5.10 Å². The predicted molar refractivity (Wildman–Crippen MR) is 60.1 cm³/mol. The molecule has 0 spiro atoms. The van der Waals surface area contributed by atoms with Gasteiger partial charge in [-0.2, -0.15) is 5.10 Å². The van der Waals surface area contributed by atoms with Crippen LogP contribution in [0.5, 0.6) is 5.75 Å². The number of benzene rings is 1. The Morgan fingerprint density at radius 2 is 2.12 bits per heavy atom. The summed E-state index contributed by atoms with van der Waals surface area (Å²) in [5.41, 5.74) is 1.46. The normalized spacial score (nSPS) is 10.1. The predicted octanol–water partition coefficient (Wildman–Crippen LogP) is 2.08. The van der Waals surface area contributed by atoms with Gasteiger partial charge in [-0.3, -0.25) is 4.79 Å². The highest BCUT2D eigenvalue weighted by atomic mass is 16.5. The highest BCUT2D eigenvalue weighted by molar-refractivity contribution is 5.73. The maximum atomic E-state index is 10.5. The zero-order chi connectivity index (χ0) is 11.4. The van der Waals surface area contributed by atoms with Crippen LogP contribution >= 0.6 is 0 Å². The molecule has 0 fully saturated rings. The first-order chi connectivity index (χ1) is 7.83. The van der Waals surface area contributed by atoms with Gasteiger partial charge in [0.15, 0.2) is 6.29 Å². The smallest absolute Gasteiger partial charge is 0.153 e. The van der Waals surface area contributed by atoms with Crippen molar-refractivity contribution in [1.82, 2.24) is 9.78 Å². The van der Waals surface area contributed by atoms with Crippen molar-refractivity contribution < 1.29 is 9.53 Å². The fourth-order valence-corrected chi connectivity index (χ4v) is 1.40. The molecule has 16 heavy (non-hydrogen) atoms. The first-order valence-electron chi connectivity index (χ1n) is 5.06. The fraction of sp³-hybridized carbons (Fsp3) is 0.167. The molecule has 0 aliphatic carbocycles. The lowest BCUT2D eigenvalue weighted by Gasteiger charge is -2.04. The summed E-state index contributed by atoms with van der Waals surface area (Å²) in [5, 5.41) is 4.08. The number of hydrogen-bond donors (Lipinski definition) is 0. The molecule has 0 bridgehead atoms. The van der Waals surface area contributed by atoms with Crippen LogP contribution in [-0.2, 0) is 0 Å². The zero-order valence-corrected chi connectivity index (χ0v) is 8.96. The molecular formula is C12H12N2O2. The Kier molecular flexibility index (Phi) is 3.00. The van der Waals surface area contributed by atoms with Gasteiger partial charge in [0.2, 0.25) is 0 Å². The van der Waals surface area contributed by atoms with E-state index >= 15 is 0 Å². The van der Waals surface area contributed by atoms with Gasteiger partial charge < -0.3 is 4.74 Å². The van der Waals surface area contributed by atoms with Crippen LogP contribution in [-0.4, -0.2) is 22.7 Å². The van der Waals surface area contributed by atoms with Crippen molar-refractivity contribution >= 4 is 6.29 Å². The maximum absolute atomic E-state index is 10.5. The number of carbonyl (C=O) groups is 1. The Morgan fingerprint density at radius 3 is 2.69 bits per heavy atom. The fourth-order valence-electron chi connectivity index (χ4n) is 1.40. The van der Waals surface area contributed by atoms with Gasteiger partial charge in [0.05, 0.1) is 24.1 Å². The van der Waals surface area contributed by atoms with Gasteiger partial charge in [0.25, 0.3) is 0 Å². The molecule has 0 atom stereocenters. The molecule has 1 aromatic carbocycles. The molecule has 0 amide bonds. The Morgan fingerprint density at radius 1 is 1.38 bits per heavy atom. The minimum Gasteiger partial charge on any atom is -0.494 e. The summed E-state index contributed by atoms with van der Waals surface area (Å²) in [4.78, 5) is 10.5. The third-order valence-electron chi connectivity index (χ3n) is 2.15. The number of aromatic nitrogens is 2. The average Bonchev–Trinajstić information content (AvgIpc) is 2.79. The molecule has 0 aliphatic heterocycles. The molecule has 0 saturated heterocycles. The number of ether oxygens (including phenoxy) is 1. The second-order valence-electron chi connectivity index (χ2n) is 3.26. The van der Waals surface area contributed by atoms with Crippen molar-refractivity contribution in [3.63, 3.8) is 0 Å². The topological polar surface area (TPSA) is 44.1 Å². The summed E-state index contributed by atoms with van der Waals surface area (Å²) >= 11 is 0. The summed E-state index contributed by atoms with van der Waals surface area (Å²) < 4.78 is 6.99. The van der Waals surface area contributed by atoms with E-state index in [4.69, 9.17) is 4.74 Å². The van der Waals surface area contributed by atoms with Gasteiger partial charge in [-0.1, -0.05) is 0 Å². The number of nitrogens with zero attached hydrogens (tertiary/aromatic N) is 2. The molecule has 82 valence electrons. The molecule has 1 aromatic heterocycles. The number of aldehydes is 1. The molecule has 0 radical (unpaired) electrons. The molecule has 0 saturated carbocycles. The van der Waals surface area contributed by atoms with Gasteiger partial charge >= 0.3 is 0 Å². The molecule has 1 heterocycles. The van der Waals surface area contributed by atoms with E-state index in [1.807, 2.05) is 31.2 Å². The van der Waals surface area contributed by atoms with Gasteiger partial charge in [0, 0.05) is 6.20 Å². The standard InChI is InChI=1S/C12H12N2O2/c1-2-16-12-5-3-11(4-6-12)14-8-10(9-15)7-13-14/h3-9H,2H2,1H3. The zero-order valence-electron chi connectivity index (χ0n) is 8.96. The van der Waals surface area contributed by atoms with Crippen LogP contribution < -0.4 is 4.74 Å². The van der Waals surface area contributed by atoms with E-state index in [0.717, 1.165) is 17.7 Å². The monoisotopic (exact) mass is 216 g/mol. The van der Waals surface area contributed by atoms with Gasteiger partial charge in [-0.25, -0.2) is 4.68 Å². The minimum atomic E-state index is 0.564. The van der Waals surface area contributed by atoms with E-state index in [1.165, 1.54) is 6.20 Å². The van der Waals surface area contributed by atoms with E-state index < -0.39 is 0 Å². The third-order valence-corrected chi connectivity index (χ3v) is 2.15. The first kappa shape index (κ1) is 10.4. The van der Waals surface area contributed by atoms with Crippen molar-refractivity contribution in [1.29, 1.82) is 0 Å². The SMILES string of the molecule is CCOc1ccc(-n2cc(C=O)cn2)cc1. The highest BCUT2D eigenvalue weighted by Crippen LogP contribution is 2.14. The van der Waals surface area contributed by atoms with E-state index in [-0.39, 0.29) is 0 Å². The third kappa shape index (κ3) is 2.11. The Bertz CT molecular complexity index is 474. The Hall–Kier alpha value is -2.10. The summed E-state index contributed by atoms with van der Waals surface area (Å²) in [6, 6.07) is 7.54. The van der Waals surface area contributed by atoms with E-state index in [1.54, 1.807) is 10.9 Å². The molecule has 4 nitrogen and oxygen atoms in total. The lowest BCUT2D eigenvalue weighted by molar-refractivity contribution is 0.112. The van der Waals surface area contributed by atoms with Crippen LogP contribution in [0.15, 0.2) is 36.7 Å². The summed E-state index contributed by atoms with van der Waals surface area (Å²) in [5.74, 6) is 0.828. The van der Waals surface area contributed by atoms with Crippen molar-refractivity contribution in [2.24, 2.45) is 0 Å². The summed E-state index contributed by atoms with van der Waals surface area (Å²) in [7, 11) is 0. The highest BCUT2D eigenvalue weighted by Gasteiger charge is 2.00. The van der Waals surface area contributed by atoms with Gasteiger partial charge in [-0.15, -0.1) is 0 Å². The van der Waals surface area contributed by atoms with Crippen LogP contribution in [0, 0.1) is 0 Å². The summed E-state index contributed by atoms with van der Waals surface area (Å²) in [6.07, 6.45) is 3.99. The van der Waals surface area contributed by atoms with Crippen LogP contribution in [0.1, 0.15) is 17.3 Å². The average molecular weight is 216 g/mol. The van der Waals surface area contributed by atoms with Crippen molar-refractivity contribution in [2.75, 3.05) is 6.61 Å². The Balaban J connectivity index is 2.23. The second kappa shape index (κ2) is 4.61. The quantitative estimate of drug-likeness (QED) is 0.735. The molecule has 0 unspecified atom stereocenters. The van der Waals surface area contributed by atoms with E-state index in [9.17, 15) is 4.79 Å². The van der Waals surface area contributed by atoms with Gasteiger partial charge in [0.1, 0.15) is 5.75 Å². The molecule has 4 heteroatoms. The maximum Gasteiger partial charge on any atom is 0.153 e. The van der Waals surface area contributed by atoms with Crippen LogP contribution in [0.2, 0.25) is 0 Å². The number of rotatable bonds is 4. The van der Waals surface area contributed by atoms with Crippen molar-refractivity contribution in [3.8, 4) is 11.4 Å². The Labute approximate surface area is 93.5 Å². The molecule has 2 aromatic rings. The first-order valence-corrected chi connectivity index (χ1v) is 5.06. The molecule has 0 N–H and O–H groups in total. The number of carbonyl (C=O) groups excluding carboxylic acids is 1. The summed E-state index contributed by atoms with van der Waals surface area (Å²) in [6.45, 7) is 2.59. The van der Waals surface area contributed by atoms with Crippen LogP contribution in [0.4, 0.5) is 0 Å². The molecule has 0 aliphatic rings. The lowest BCUT2D eigenvalue weighted by atomic mass is 10.3. The molecule has 2 rings (SSSR count). The number of hydrogen-bond acceptors (Lipinski definition) is 3.